The van der Waals surface area contributed by atoms with E-state index in [0.29, 0.717) is 24.6 Å². The molecule has 0 atom stereocenters. The minimum absolute atomic E-state index is 0.196. The number of hydrogen-bond donors (Lipinski definition) is 1. The van der Waals surface area contributed by atoms with E-state index in [1.54, 1.807) is 6.92 Å². The molecule has 0 aromatic heterocycles. The number of nitrogens with one attached hydrogen (secondary N) is 1. The summed E-state index contributed by atoms with van der Waals surface area (Å²) in [5, 5.41) is 2.66. The highest BCUT2D eigenvalue weighted by molar-refractivity contribution is 8.17. The number of anilines is 1. The Bertz CT molecular complexity index is 838. The van der Waals surface area contributed by atoms with Crippen LogP contribution in [0.25, 0.3) is 0 Å². The van der Waals surface area contributed by atoms with Crippen molar-refractivity contribution >= 4 is 34.5 Å². The number of amidine groups is 1. The number of hydrogen-bond acceptors (Lipinski definition) is 6. The molecule has 26 heavy (non-hydrogen) atoms. The lowest BCUT2D eigenvalue weighted by atomic mass is 10.2. The van der Waals surface area contributed by atoms with Gasteiger partial charge in [-0.25, -0.2) is 9.79 Å². The van der Waals surface area contributed by atoms with Crippen molar-refractivity contribution in [3.63, 3.8) is 0 Å². The number of aliphatic imine (C=N–C) groups is 1. The highest BCUT2D eigenvalue weighted by Crippen LogP contribution is 2.28. The summed E-state index contributed by atoms with van der Waals surface area (Å²) in [6.07, 6.45) is 6.99. The van der Waals surface area contributed by atoms with Crippen LogP contribution in [-0.4, -0.2) is 35.1 Å². The van der Waals surface area contributed by atoms with E-state index >= 15 is 0 Å². The highest BCUT2D eigenvalue weighted by Gasteiger charge is 2.26. The quantitative estimate of drug-likeness (QED) is 0.817. The molecule has 0 unspecified atom stereocenters. The Morgan fingerprint density at radius 1 is 1.31 bits per heavy atom. The number of allylic oxidation sites excluding steroid dienone is 2. The van der Waals surface area contributed by atoms with Crippen molar-refractivity contribution in [2.75, 3.05) is 18.5 Å². The van der Waals surface area contributed by atoms with Gasteiger partial charge >= 0.3 is 5.97 Å². The largest absolute Gasteiger partial charge is 0.463 e. The predicted octanol–water partition coefficient (Wildman–Crippen LogP) is 3.83. The van der Waals surface area contributed by atoms with Gasteiger partial charge in [0.15, 0.2) is 0 Å². The molecule has 0 saturated heterocycles. The van der Waals surface area contributed by atoms with Crippen LogP contribution >= 0.6 is 11.8 Å². The molecular formula is C19H19N3O3S. The zero-order chi connectivity index (χ0) is 18.5. The molecule has 1 N–H and O–H groups in total. The van der Waals surface area contributed by atoms with Gasteiger partial charge in [-0.3, -0.25) is 4.79 Å². The lowest BCUT2D eigenvalue weighted by Gasteiger charge is -2.28. The van der Waals surface area contributed by atoms with E-state index in [0.717, 1.165) is 27.9 Å². The third kappa shape index (κ3) is 4.23. The number of ether oxygens (including phenoxy) is 1. The minimum atomic E-state index is -0.371. The summed E-state index contributed by atoms with van der Waals surface area (Å²) >= 11 is 1.07. The molecule has 0 bridgehead atoms. The first-order valence-corrected chi connectivity index (χ1v) is 9.03. The first-order chi connectivity index (χ1) is 12.6. The molecule has 1 aromatic rings. The van der Waals surface area contributed by atoms with Crippen LogP contribution in [0.15, 0.2) is 64.3 Å². The first-order valence-electron chi connectivity index (χ1n) is 8.22. The lowest BCUT2D eigenvalue weighted by molar-refractivity contribution is -0.138. The molecule has 0 saturated carbocycles. The molecule has 0 spiro atoms. The van der Waals surface area contributed by atoms with Crippen molar-refractivity contribution in [1.82, 2.24) is 4.90 Å². The standard InChI is InChI=1S/C19H19N3O3S/c1-3-25-18(23)14-11-20-17-16(5-4-10-22(17)12-14)26-19(24)21-15-8-6-13(2)7-9-15/h4-11H,3,12H2,1-2H3,(H,21,24). The van der Waals surface area contributed by atoms with Crippen LogP contribution in [-0.2, 0) is 9.53 Å². The second-order valence-electron chi connectivity index (χ2n) is 5.71. The summed E-state index contributed by atoms with van der Waals surface area (Å²) in [6, 6.07) is 7.61. The topological polar surface area (TPSA) is 71.0 Å². The molecule has 6 nitrogen and oxygen atoms in total. The number of benzene rings is 1. The Balaban J connectivity index is 1.69. The van der Waals surface area contributed by atoms with E-state index in [9.17, 15) is 9.59 Å². The maximum absolute atomic E-state index is 12.3. The van der Waals surface area contributed by atoms with Crippen molar-refractivity contribution in [3.05, 3.63) is 64.9 Å². The van der Waals surface area contributed by atoms with E-state index in [4.69, 9.17) is 4.74 Å². The van der Waals surface area contributed by atoms with Gasteiger partial charge in [-0.15, -0.1) is 0 Å². The molecule has 134 valence electrons. The maximum Gasteiger partial charge on any atom is 0.337 e. The van der Waals surface area contributed by atoms with Crippen LogP contribution in [0.5, 0.6) is 0 Å². The van der Waals surface area contributed by atoms with Gasteiger partial charge in [0, 0.05) is 18.1 Å². The SMILES string of the molecule is CCOC(=O)C1=CN=C2C(SC(=O)Nc3ccc(C)cc3)=CC=CN2C1. The fraction of sp³-hybridized carbons (Fsp3) is 0.211. The Morgan fingerprint density at radius 2 is 2.08 bits per heavy atom. The minimum Gasteiger partial charge on any atom is -0.463 e. The number of thioether (sulfide) groups is 1. The molecule has 1 aromatic carbocycles. The maximum atomic E-state index is 12.3. The van der Waals surface area contributed by atoms with Gasteiger partial charge in [0.05, 0.1) is 23.6 Å². The number of rotatable bonds is 4. The molecule has 2 aliphatic rings. The second-order valence-corrected chi connectivity index (χ2v) is 6.72. The molecule has 0 radical (unpaired) electrons. The number of esters is 1. The summed E-state index contributed by atoms with van der Waals surface area (Å²) < 4.78 is 5.02. The normalized spacial score (nSPS) is 15.5. The van der Waals surface area contributed by atoms with Gasteiger partial charge in [0.1, 0.15) is 5.84 Å². The predicted molar refractivity (Wildman–Crippen MR) is 104 cm³/mol. The second kappa shape index (κ2) is 8.05. The third-order valence-electron chi connectivity index (χ3n) is 3.73. The van der Waals surface area contributed by atoms with Crippen molar-refractivity contribution in [2.45, 2.75) is 13.8 Å². The molecule has 1 amide bonds. The number of carbonyl (C=O) groups excluding carboxylic acids is 2. The van der Waals surface area contributed by atoms with Crippen LogP contribution in [0.2, 0.25) is 0 Å². The molecule has 7 heteroatoms. The smallest absolute Gasteiger partial charge is 0.337 e. The number of carbonyl (C=O) groups is 2. The molecule has 2 aliphatic heterocycles. The van der Waals surface area contributed by atoms with Crippen LogP contribution in [0.1, 0.15) is 12.5 Å². The van der Waals surface area contributed by atoms with Crippen LogP contribution in [0, 0.1) is 6.92 Å². The third-order valence-corrected chi connectivity index (χ3v) is 4.55. The average molecular weight is 369 g/mol. The molecule has 2 heterocycles. The summed E-state index contributed by atoms with van der Waals surface area (Å²) in [7, 11) is 0. The summed E-state index contributed by atoms with van der Waals surface area (Å²) in [5.41, 5.74) is 2.36. The molecule has 0 aliphatic carbocycles. The number of fused-ring (bicyclic) bond motifs is 1. The van der Waals surface area contributed by atoms with Crippen molar-refractivity contribution in [2.24, 2.45) is 4.99 Å². The van der Waals surface area contributed by atoms with E-state index in [-0.39, 0.29) is 11.2 Å². The van der Waals surface area contributed by atoms with E-state index in [1.165, 1.54) is 6.20 Å². The fourth-order valence-electron chi connectivity index (χ4n) is 2.45. The van der Waals surface area contributed by atoms with Crippen molar-refractivity contribution in [3.8, 4) is 0 Å². The van der Waals surface area contributed by atoms with Crippen LogP contribution in [0.3, 0.4) is 0 Å². The highest BCUT2D eigenvalue weighted by atomic mass is 32.2. The summed E-state index contributed by atoms with van der Waals surface area (Å²) in [5.74, 6) is 0.272. The van der Waals surface area contributed by atoms with Crippen molar-refractivity contribution in [1.29, 1.82) is 0 Å². The van der Waals surface area contributed by atoms with E-state index in [1.807, 2.05) is 54.4 Å². The van der Waals surface area contributed by atoms with E-state index < -0.39 is 0 Å². The average Bonchev–Trinajstić information content (AvgIpc) is 2.63. The number of aryl methyl sites for hydroxylation is 1. The summed E-state index contributed by atoms with van der Waals surface area (Å²) in [4.78, 5) is 31.1. The Kier molecular flexibility index (Phi) is 5.58. The first kappa shape index (κ1) is 18.0. The summed E-state index contributed by atoms with van der Waals surface area (Å²) in [6.45, 7) is 4.45. The zero-order valence-electron chi connectivity index (χ0n) is 14.6. The lowest BCUT2D eigenvalue weighted by Crippen LogP contribution is -2.34. The van der Waals surface area contributed by atoms with Gasteiger partial charge in [0.2, 0.25) is 0 Å². The van der Waals surface area contributed by atoms with E-state index in [2.05, 4.69) is 10.3 Å². The zero-order valence-corrected chi connectivity index (χ0v) is 15.4. The Morgan fingerprint density at radius 3 is 2.81 bits per heavy atom. The van der Waals surface area contributed by atoms with Crippen LogP contribution < -0.4 is 5.32 Å². The Hall–Kier alpha value is -2.80. The number of nitrogens with zero attached hydrogens (tertiary/aromatic N) is 2. The Labute approximate surface area is 156 Å². The number of amides is 1. The van der Waals surface area contributed by atoms with Crippen molar-refractivity contribution < 1.29 is 14.3 Å². The molecule has 3 rings (SSSR count). The van der Waals surface area contributed by atoms with Gasteiger partial charge < -0.3 is 15.0 Å². The van der Waals surface area contributed by atoms with Gasteiger partial charge in [-0.1, -0.05) is 17.7 Å². The molecule has 0 fully saturated rings. The monoisotopic (exact) mass is 369 g/mol. The van der Waals surface area contributed by atoms with Gasteiger partial charge in [-0.2, -0.15) is 0 Å². The van der Waals surface area contributed by atoms with Gasteiger partial charge in [-0.05, 0) is 49.9 Å². The van der Waals surface area contributed by atoms with Crippen LogP contribution in [0.4, 0.5) is 10.5 Å². The molecular weight excluding hydrogens is 350 g/mol. The fourth-order valence-corrected chi connectivity index (χ4v) is 3.23. The van der Waals surface area contributed by atoms with Gasteiger partial charge in [0.25, 0.3) is 5.24 Å².